The number of hydrogen-bond donors (Lipinski definition) is 1. The van der Waals surface area contributed by atoms with Crippen LogP contribution in [0.1, 0.15) is 37.4 Å². The van der Waals surface area contributed by atoms with Crippen LogP contribution < -0.4 is 10.6 Å². The van der Waals surface area contributed by atoms with Crippen LogP contribution in [0.4, 0.5) is 10.5 Å². The molecule has 1 aromatic heterocycles. The molecule has 2 bridgehead atoms. The molecule has 136 valence electrons. The summed E-state index contributed by atoms with van der Waals surface area (Å²) in [6.07, 6.45) is 4.47. The molecule has 4 heterocycles. The van der Waals surface area contributed by atoms with E-state index in [2.05, 4.69) is 15.0 Å². The lowest BCUT2D eigenvalue weighted by molar-refractivity contribution is 0.0878. The standard InChI is InChI=1S/C19H23N5O2/c20-19(25)24(16-11-23-9-7-12(16)8-10-23)15-4-2-1-3-14(15)18-21-17(22-26-18)13-5-6-13/h1-4,12-13,16H,5-11H2,(H2,20,25). The van der Waals surface area contributed by atoms with Crippen molar-refractivity contribution in [2.75, 3.05) is 24.5 Å². The van der Waals surface area contributed by atoms with E-state index in [9.17, 15) is 4.79 Å². The third-order valence-electron chi connectivity index (χ3n) is 5.97. The average molecular weight is 353 g/mol. The number of hydrogen-bond acceptors (Lipinski definition) is 5. The molecular weight excluding hydrogens is 330 g/mol. The van der Waals surface area contributed by atoms with Gasteiger partial charge in [0.15, 0.2) is 5.82 Å². The van der Waals surface area contributed by atoms with Gasteiger partial charge in [-0.25, -0.2) is 4.79 Å². The summed E-state index contributed by atoms with van der Waals surface area (Å²) < 4.78 is 5.52. The Morgan fingerprint density at radius 3 is 2.62 bits per heavy atom. The van der Waals surface area contributed by atoms with Crippen LogP contribution >= 0.6 is 0 Å². The van der Waals surface area contributed by atoms with Gasteiger partial charge in [0.25, 0.3) is 5.89 Å². The fourth-order valence-corrected chi connectivity index (χ4v) is 4.40. The molecule has 1 unspecified atom stereocenters. The van der Waals surface area contributed by atoms with Crippen LogP contribution in [-0.4, -0.2) is 46.7 Å². The maximum absolute atomic E-state index is 12.4. The molecule has 0 spiro atoms. The summed E-state index contributed by atoms with van der Waals surface area (Å²) in [5.74, 6) is 2.15. The van der Waals surface area contributed by atoms with E-state index < -0.39 is 6.03 Å². The summed E-state index contributed by atoms with van der Waals surface area (Å²) in [6.45, 7) is 3.10. The van der Waals surface area contributed by atoms with Crippen LogP contribution in [0.2, 0.25) is 0 Å². The van der Waals surface area contributed by atoms with Gasteiger partial charge in [-0.2, -0.15) is 4.98 Å². The lowest BCUT2D eigenvalue weighted by atomic mass is 9.83. The number of aromatic nitrogens is 2. The zero-order chi connectivity index (χ0) is 17.7. The number of carbonyl (C=O) groups excluding carboxylic acids is 1. The monoisotopic (exact) mass is 353 g/mol. The van der Waals surface area contributed by atoms with Gasteiger partial charge >= 0.3 is 6.03 Å². The van der Waals surface area contributed by atoms with Crippen molar-refractivity contribution >= 4 is 11.7 Å². The van der Waals surface area contributed by atoms with E-state index in [-0.39, 0.29) is 6.04 Å². The zero-order valence-electron chi connectivity index (χ0n) is 14.7. The van der Waals surface area contributed by atoms with Gasteiger partial charge in [-0.3, -0.25) is 4.90 Å². The fourth-order valence-electron chi connectivity index (χ4n) is 4.40. The molecule has 26 heavy (non-hydrogen) atoms. The molecule has 1 aromatic carbocycles. The summed E-state index contributed by atoms with van der Waals surface area (Å²) in [4.78, 5) is 21.2. The predicted octanol–water partition coefficient (Wildman–Crippen LogP) is 2.59. The second kappa shape index (κ2) is 6.09. The van der Waals surface area contributed by atoms with Crippen molar-refractivity contribution in [3.8, 4) is 11.5 Å². The summed E-state index contributed by atoms with van der Waals surface area (Å²) in [6, 6.07) is 7.39. The summed E-state index contributed by atoms with van der Waals surface area (Å²) in [7, 11) is 0. The van der Waals surface area contributed by atoms with Gasteiger partial charge in [0.2, 0.25) is 0 Å². The molecule has 1 atom stereocenters. The Labute approximate surface area is 152 Å². The Morgan fingerprint density at radius 2 is 1.96 bits per heavy atom. The molecule has 0 radical (unpaired) electrons. The van der Waals surface area contributed by atoms with Crippen molar-refractivity contribution < 1.29 is 9.32 Å². The first kappa shape index (κ1) is 15.8. The largest absolute Gasteiger partial charge is 0.351 e. The molecule has 3 saturated heterocycles. The minimum absolute atomic E-state index is 0.0990. The van der Waals surface area contributed by atoms with Crippen LogP contribution in [0.25, 0.3) is 11.5 Å². The Balaban J connectivity index is 1.53. The van der Waals surface area contributed by atoms with E-state index >= 15 is 0 Å². The molecule has 7 nitrogen and oxygen atoms in total. The summed E-state index contributed by atoms with van der Waals surface area (Å²) in [5.41, 5.74) is 7.39. The van der Waals surface area contributed by atoms with Gasteiger partial charge in [-0.05, 0) is 56.8 Å². The number of urea groups is 1. The number of amides is 2. The van der Waals surface area contributed by atoms with E-state index in [4.69, 9.17) is 10.3 Å². The quantitative estimate of drug-likeness (QED) is 0.913. The molecule has 7 heteroatoms. The van der Waals surface area contributed by atoms with Crippen LogP contribution in [0.15, 0.2) is 28.8 Å². The fraction of sp³-hybridized carbons (Fsp3) is 0.526. The minimum atomic E-state index is -0.418. The topological polar surface area (TPSA) is 88.5 Å². The van der Waals surface area contributed by atoms with Gasteiger partial charge in [-0.1, -0.05) is 17.3 Å². The highest BCUT2D eigenvalue weighted by Crippen LogP contribution is 2.41. The number of fused-ring (bicyclic) bond motifs is 3. The summed E-state index contributed by atoms with van der Waals surface area (Å²) >= 11 is 0. The SMILES string of the molecule is NC(=O)N(c1ccccc1-c1nc(C2CC2)no1)C1CN2CCC1CC2. The average Bonchev–Trinajstić information content (AvgIpc) is 3.40. The Hall–Kier alpha value is -2.41. The lowest BCUT2D eigenvalue weighted by Gasteiger charge is -2.48. The number of nitrogens with two attached hydrogens (primary N) is 1. The normalized spacial score (nSPS) is 27.5. The Kier molecular flexibility index (Phi) is 3.70. The van der Waals surface area contributed by atoms with E-state index in [0.29, 0.717) is 17.7 Å². The van der Waals surface area contributed by atoms with Crippen LogP contribution in [0.5, 0.6) is 0 Å². The van der Waals surface area contributed by atoms with Crippen LogP contribution in [0, 0.1) is 5.92 Å². The Morgan fingerprint density at radius 1 is 1.19 bits per heavy atom. The molecule has 1 aliphatic carbocycles. The minimum Gasteiger partial charge on any atom is -0.351 e. The van der Waals surface area contributed by atoms with Gasteiger partial charge in [0.05, 0.1) is 17.3 Å². The second-order valence-corrected chi connectivity index (χ2v) is 7.66. The third-order valence-corrected chi connectivity index (χ3v) is 5.97. The molecule has 6 rings (SSSR count). The number of para-hydroxylation sites is 1. The number of anilines is 1. The van der Waals surface area contributed by atoms with Crippen molar-refractivity contribution in [1.82, 2.24) is 15.0 Å². The summed E-state index contributed by atoms with van der Waals surface area (Å²) in [5, 5.41) is 4.12. The van der Waals surface area contributed by atoms with E-state index in [1.807, 2.05) is 24.3 Å². The molecule has 2 amide bonds. The third kappa shape index (κ3) is 2.67. The van der Waals surface area contributed by atoms with Gasteiger partial charge in [-0.15, -0.1) is 0 Å². The number of carbonyl (C=O) groups is 1. The van der Waals surface area contributed by atoms with Crippen LogP contribution in [0.3, 0.4) is 0 Å². The smallest absolute Gasteiger partial charge is 0.319 e. The van der Waals surface area contributed by atoms with Crippen molar-refractivity contribution in [3.05, 3.63) is 30.1 Å². The van der Waals surface area contributed by atoms with Gasteiger partial charge < -0.3 is 15.2 Å². The van der Waals surface area contributed by atoms with Gasteiger partial charge in [0, 0.05) is 12.5 Å². The first-order chi connectivity index (χ1) is 12.7. The Bertz CT molecular complexity index is 823. The van der Waals surface area contributed by atoms with E-state index in [0.717, 1.165) is 62.4 Å². The van der Waals surface area contributed by atoms with Crippen molar-refractivity contribution in [3.63, 3.8) is 0 Å². The highest BCUT2D eigenvalue weighted by Gasteiger charge is 2.40. The van der Waals surface area contributed by atoms with E-state index in [1.165, 1.54) is 0 Å². The van der Waals surface area contributed by atoms with Crippen molar-refractivity contribution in [2.24, 2.45) is 11.7 Å². The molecular formula is C19H23N5O2. The van der Waals surface area contributed by atoms with Crippen molar-refractivity contribution in [1.29, 1.82) is 0 Å². The molecule has 3 aliphatic heterocycles. The maximum atomic E-state index is 12.4. The number of benzene rings is 1. The van der Waals surface area contributed by atoms with Gasteiger partial charge in [0.1, 0.15) is 0 Å². The number of piperidine rings is 3. The number of rotatable bonds is 4. The maximum Gasteiger partial charge on any atom is 0.319 e. The first-order valence-electron chi connectivity index (χ1n) is 9.45. The number of nitrogens with zero attached hydrogens (tertiary/aromatic N) is 4. The first-order valence-corrected chi connectivity index (χ1v) is 9.45. The molecule has 2 N–H and O–H groups in total. The lowest BCUT2D eigenvalue weighted by Crippen LogP contribution is -2.60. The zero-order valence-corrected chi connectivity index (χ0v) is 14.7. The molecule has 4 fully saturated rings. The molecule has 2 aromatic rings. The molecule has 1 saturated carbocycles. The predicted molar refractivity (Wildman–Crippen MR) is 96.7 cm³/mol. The van der Waals surface area contributed by atoms with E-state index in [1.54, 1.807) is 4.90 Å². The highest BCUT2D eigenvalue weighted by molar-refractivity contribution is 5.95. The molecule has 4 aliphatic rings. The van der Waals surface area contributed by atoms with Crippen LogP contribution in [-0.2, 0) is 0 Å². The second-order valence-electron chi connectivity index (χ2n) is 7.66. The number of primary amides is 1. The van der Waals surface area contributed by atoms with Crippen molar-refractivity contribution in [2.45, 2.75) is 37.6 Å². The highest BCUT2D eigenvalue weighted by atomic mass is 16.5.